The van der Waals surface area contributed by atoms with Crippen molar-refractivity contribution in [1.29, 1.82) is 0 Å². The van der Waals surface area contributed by atoms with E-state index in [1.807, 2.05) is 59.3 Å². The highest BCUT2D eigenvalue weighted by Gasteiger charge is 2.22. The van der Waals surface area contributed by atoms with Crippen LogP contribution in [0.4, 0.5) is 0 Å². The summed E-state index contributed by atoms with van der Waals surface area (Å²) in [5, 5.41) is 4.45. The average molecular weight is 415 g/mol. The molecule has 136 valence electrons. The van der Waals surface area contributed by atoms with Crippen LogP contribution < -0.4 is 16.0 Å². The molecular weight excluding hydrogens is 392 g/mol. The third-order valence-corrected chi connectivity index (χ3v) is 4.77. The van der Waals surface area contributed by atoms with Crippen LogP contribution in [0.5, 0.6) is 5.75 Å². The average Bonchev–Trinajstić information content (AvgIpc) is 3.04. The van der Waals surface area contributed by atoms with Gasteiger partial charge < -0.3 is 4.74 Å². The molecule has 0 spiro atoms. The zero-order chi connectivity index (χ0) is 18.5. The molecule has 1 heterocycles. The molecule has 0 fully saturated rings. The molecule has 0 saturated heterocycles. The van der Waals surface area contributed by atoms with Gasteiger partial charge >= 0.3 is 0 Å². The maximum Gasteiger partial charge on any atom is 0.120 e. The first kappa shape index (κ1) is 18.6. The van der Waals surface area contributed by atoms with E-state index in [1.165, 1.54) is 0 Å². The Balaban J connectivity index is 1.85. The van der Waals surface area contributed by atoms with Gasteiger partial charge in [-0.05, 0) is 53.0 Å². The number of rotatable bonds is 7. The van der Waals surface area contributed by atoms with Crippen molar-refractivity contribution in [3.63, 3.8) is 0 Å². The third-order valence-electron chi connectivity index (χ3n) is 4.16. The van der Waals surface area contributed by atoms with Crippen LogP contribution in [-0.2, 0) is 6.61 Å². The molecule has 26 heavy (non-hydrogen) atoms. The van der Waals surface area contributed by atoms with Crippen LogP contribution >= 0.6 is 15.9 Å². The Morgan fingerprint density at radius 3 is 2.62 bits per heavy atom. The van der Waals surface area contributed by atoms with Crippen molar-refractivity contribution < 1.29 is 4.74 Å². The van der Waals surface area contributed by atoms with Gasteiger partial charge in [0.25, 0.3) is 0 Å². The van der Waals surface area contributed by atoms with Crippen molar-refractivity contribution in [2.75, 3.05) is 0 Å². The highest BCUT2D eigenvalue weighted by Crippen LogP contribution is 2.31. The molecule has 6 heteroatoms. The zero-order valence-corrected chi connectivity index (χ0v) is 16.5. The van der Waals surface area contributed by atoms with Gasteiger partial charge in [0.05, 0.1) is 22.4 Å². The van der Waals surface area contributed by atoms with Crippen LogP contribution in [0.15, 0.2) is 65.3 Å². The highest BCUT2D eigenvalue weighted by molar-refractivity contribution is 9.10. The maximum atomic E-state index is 5.95. The Hall–Kier alpha value is -2.15. The summed E-state index contributed by atoms with van der Waals surface area (Å²) in [5.74, 6) is 6.70. The van der Waals surface area contributed by atoms with E-state index in [1.54, 1.807) is 6.20 Å². The standard InChI is InChI=1S/C20H23BrN4O/c1-14(2)25-20(18(21)12-23-25)19(24-22)16-9-6-10-17(11-16)26-13-15-7-4-3-5-8-15/h3-12,14,19,24H,13,22H2,1-2H3. The van der Waals surface area contributed by atoms with E-state index in [4.69, 9.17) is 10.6 Å². The second kappa shape index (κ2) is 8.49. The molecule has 5 nitrogen and oxygen atoms in total. The molecule has 1 atom stereocenters. The van der Waals surface area contributed by atoms with E-state index < -0.39 is 0 Å². The summed E-state index contributed by atoms with van der Waals surface area (Å²) >= 11 is 3.59. The predicted molar refractivity (Wildman–Crippen MR) is 107 cm³/mol. The maximum absolute atomic E-state index is 5.95. The summed E-state index contributed by atoms with van der Waals surface area (Å²) in [4.78, 5) is 0. The Kier molecular flexibility index (Phi) is 6.08. The lowest BCUT2D eigenvalue weighted by Crippen LogP contribution is -2.31. The smallest absolute Gasteiger partial charge is 0.120 e. The Morgan fingerprint density at radius 1 is 1.15 bits per heavy atom. The normalized spacial score (nSPS) is 12.3. The largest absolute Gasteiger partial charge is 0.489 e. The number of nitrogens with one attached hydrogen (secondary N) is 1. The van der Waals surface area contributed by atoms with E-state index >= 15 is 0 Å². The fraction of sp³-hybridized carbons (Fsp3) is 0.250. The quantitative estimate of drug-likeness (QED) is 0.445. The summed E-state index contributed by atoms with van der Waals surface area (Å²) in [6.45, 7) is 4.71. The Bertz CT molecular complexity index is 848. The molecule has 0 saturated carbocycles. The number of nitrogens with two attached hydrogens (primary N) is 1. The van der Waals surface area contributed by atoms with Gasteiger partial charge in [0, 0.05) is 6.04 Å². The zero-order valence-electron chi connectivity index (χ0n) is 14.9. The first-order chi connectivity index (χ1) is 12.6. The lowest BCUT2D eigenvalue weighted by Gasteiger charge is -2.21. The first-order valence-corrected chi connectivity index (χ1v) is 9.35. The van der Waals surface area contributed by atoms with Crippen LogP contribution in [0.25, 0.3) is 0 Å². The molecule has 3 N–H and O–H groups in total. The lowest BCUT2D eigenvalue weighted by molar-refractivity contribution is 0.305. The van der Waals surface area contributed by atoms with Gasteiger partial charge in [-0.25, -0.2) is 5.43 Å². The van der Waals surface area contributed by atoms with Crippen molar-refractivity contribution in [2.45, 2.75) is 32.5 Å². The van der Waals surface area contributed by atoms with Crippen molar-refractivity contribution >= 4 is 15.9 Å². The topological polar surface area (TPSA) is 65.1 Å². The number of hydrazine groups is 1. The number of hydrogen-bond acceptors (Lipinski definition) is 4. The minimum Gasteiger partial charge on any atom is -0.489 e. The highest BCUT2D eigenvalue weighted by atomic mass is 79.9. The van der Waals surface area contributed by atoms with Crippen LogP contribution in [0.1, 0.15) is 42.8 Å². The van der Waals surface area contributed by atoms with Crippen molar-refractivity contribution in [3.8, 4) is 5.75 Å². The van der Waals surface area contributed by atoms with Crippen LogP contribution in [-0.4, -0.2) is 9.78 Å². The van der Waals surface area contributed by atoms with Crippen LogP contribution in [0.3, 0.4) is 0 Å². The second-order valence-corrected chi connectivity index (χ2v) is 7.22. The van der Waals surface area contributed by atoms with Crippen molar-refractivity contribution in [2.24, 2.45) is 5.84 Å². The molecule has 1 aromatic heterocycles. The third kappa shape index (κ3) is 4.15. The molecule has 3 rings (SSSR count). The molecular formula is C20H23BrN4O. The number of benzene rings is 2. The minimum absolute atomic E-state index is 0.199. The van der Waals surface area contributed by atoms with Gasteiger partial charge in [-0.2, -0.15) is 5.10 Å². The molecule has 0 radical (unpaired) electrons. The number of hydrogen-bond donors (Lipinski definition) is 2. The fourth-order valence-corrected chi connectivity index (χ4v) is 3.39. The number of aromatic nitrogens is 2. The van der Waals surface area contributed by atoms with Gasteiger partial charge in [0.15, 0.2) is 0 Å². The summed E-state index contributed by atoms with van der Waals surface area (Å²) < 4.78 is 8.84. The van der Waals surface area contributed by atoms with E-state index in [-0.39, 0.29) is 12.1 Å². The molecule has 0 amide bonds. The summed E-state index contributed by atoms with van der Waals surface area (Å²) in [7, 11) is 0. The molecule has 0 aliphatic carbocycles. The molecule has 0 bridgehead atoms. The van der Waals surface area contributed by atoms with Crippen molar-refractivity contribution in [1.82, 2.24) is 15.2 Å². The Labute approximate surface area is 162 Å². The molecule has 3 aromatic rings. The van der Waals surface area contributed by atoms with E-state index in [0.29, 0.717) is 6.61 Å². The molecule has 0 aliphatic rings. The summed E-state index contributed by atoms with van der Waals surface area (Å²) in [6, 6.07) is 18.1. The Morgan fingerprint density at radius 2 is 1.92 bits per heavy atom. The monoisotopic (exact) mass is 414 g/mol. The van der Waals surface area contributed by atoms with E-state index in [9.17, 15) is 0 Å². The SMILES string of the molecule is CC(C)n1ncc(Br)c1C(NN)c1cccc(OCc2ccccc2)c1. The van der Waals surface area contributed by atoms with Gasteiger partial charge in [-0.3, -0.25) is 10.5 Å². The minimum atomic E-state index is -0.199. The second-order valence-electron chi connectivity index (χ2n) is 6.36. The lowest BCUT2D eigenvalue weighted by atomic mass is 10.0. The van der Waals surface area contributed by atoms with Crippen LogP contribution in [0.2, 0.25) is 0 Å². The van der Waals surface area contributed by atoms with E-state index in [0.717, 1.165) is 27.0 Å². The van der Waals surface area contributed by atoms with E-state index in [2.05, 4.69) is 40.3 Å². The van der Waals surface area contributed by atoms with Gasteiger partial charge in [0.2, 0.25) is 0 Å². The molecule has 2 aromatic carbocycles. The predicted octanol–water partition coefficient (Wildman–Crippen LogP) is 4.36. The van der Waals surface area contributed by atoms with Gasteiger partial charge in [-0.15, -0.1) is 0 Å². The summed E-state index contributed by atoms with van der Waals surface area (Å²) in [5.41, 5.74) is 6.05. The number of ether oxygens (including phenoxy) is 1. The fourth-order valence-electron chi connectivity index (χ4n) is 2.89. The molecule has 1 unspecified atom stereocenters. The number of halogens is 1. The van der Waals surface area contributed by atoms with Crippen LogP contribution in [0, 0.1) is 0 Å². The molecule has 0 aliphatic heterocycles. The van der Waals surface area contributed by atoms with Gasteiger partial charge in [-0.1, -0.05) is 42.5 Å². The summed E-state index contributed by atoms with van der Waals surface area (Å²) in [6.07, 6.45) is 1.80. The van der Waals surface area contributed by atoms with Crippen molar-refractivity contribution in [3.05, 3.63) is 82.1 Å². The van der Waals surface area contributed by atoms with Gasteiger partial charge in [0.1, 0.15) is 12.4 Å². The number of nitrogens with zero attached hydrogens (tertiary/aromatic N) is 2. The first-order valence-electron chi connectivity index (χ1n) is 8.56.